The highest BCUT2D eigenvalue weighted by molar-refractivity contribution is 5.93. The Morgan fingerprint density at radius 2 is 1.80 bits per heavy atom. The second kappa shape index (κ2) is 10.4. The van der Waals surface area contributed by atoms with E-state index in [-0.39, 0.29) is 23.7 Å². The SMILES string of the molecule is Cc1ccccc1C(CC(=O)O)NC(=O)c1cc(OC(=O)N2CCCC2)n(-c2ccccc2F)n1. The Morgan fingerprint density at radius 3 is 2.49 bits per heavy atom. The van der Waals surface area contributed by atoms with Gasteiger partial charge in [-0.2, -0.15) is 9.78 Å². The zero-order valence-corrected chi connectivity index (χ0v) is 19.1. The number of aromatic nitrogens is 2. The molecule has 1 atom stereocenters. The molecule has 35 heavy (non-hydrogen) atoms. The van der Waals surface area contributed by atoms with E-state index in [1.807, 2.05) is 19.1 Å². The van der Waals surface area contributed by atoms with Gasteiger partial charge in [-0.25, -0.2) is 9.18 Å². The van der Waals surface area contributed by atoms with E-state index in [1.54, 1.807) is 18.2 Å². The minimum absolute atomic E-state index is 0.00300. The molecule has 10 heteroatoms. The summed E-state index contributed by atoms with van der Waals surface area (Å²) in [6, 6.07) is 13.3. The van der Waals surface area contributed by atoms with Gasteiger partial charge in [-0.05, 0) is 43.0 Å². The Bertz CT molecular complexity index is 1250. The predicted octanol–water partition coefficient (Wildman–Crippen LogP) is 3.86. The minimum Gasteiger partial charge on any atom is -0.481 e. The molecule has 0 saturated carbocycles. The van der Waals surface area contributed by atoms with Crippen molar-refractivity contribution in [1.82, 2.24) is 20.0 Å². The summed E-state index contributed by atoms with van der Waals surface area (Å²) in [5, 5.41) is 16.3. The van der Waals surface area contributed by atoms with Crippen LogP contribution in [-0.2, 0) is 4.79 Å². The van der Waals surface area contributed by atoms with Gasteiger partial charge in [0.05, 0.1) is 12.5 Å². The number of hydrogen-bond donors (Lipinski definition) is 2. The first kappa shape index (κ1) is 23.9. The molecule has 2 N–H and O–H groups in total. The fourth-order valence-corrected chi connectivity index (χ4v) is 4.02. The molecule has 1 aliphatic heterocycles. The summed E-state index contributed by atoms with van der Waals surface area (Å²) in [6.07, 6.45) is 0.760. The quantitative estimate of drug-likeness (QED) is 0.531. The van der Waals surface area contributed by atoms with Crippen LogP contribution in [0.1, 0.15) is 46.9 Å². The summed E-state index contributed by atoms with van der Waals surface area (Å²) in [4.78, 5) is 38.7. The lowest BCUT2D eigenvalue weighted by Crippen LogP contribution is -2.31. The molecule has 2 amide bonds. The molecule has 0 bridgehead atoms. The molecular formula is C25H25FN4O5. The Kier molecular flexibility index (Phi) is 7.09. The van der Waals surface area contributed by atoms with Crippen LogP contribution in [0.25, 0.3) is 5.69 Å². The molecule has 0 spiro atoms. The van der Waals surface area contributed by atoms with Crippen molar-refractivity contribution in [1.29, 1.82) is 0 Å². The zero-order chi connectivity index (χ0) is 24.9. The molecule has 1 fully saturated rings. The Hall–Kier alpha value is -4.21. The fraction of sp³-hybridized carbons (Fsp3) is 0.280. The third kappa shape index (κ3) is 5.48. The molecular weight excluding hydrogens is 455 g/mol. The normalized spacial score (nSPS) is 13.9. The fourth-order valence-electron chi connectivity index (χ4n) is 4.02. The Labute approximate surface area is 201 Å². The molecule has 182 valence electrons. The minimum atomic E-state index is -1.09. The molecule has 1 unspecified atom stereocenters. The number of ether oxygens (including phenoxy) is 1. The largest absolute Gasteiger partial charge is 0.481 e. The van der Waals surface area contributed by atoms with Crippen molar-refractivity contribution >= 4 is 18.0 Å². The van der Waals surface area contributed by atoms with Crippen molar-refractivity contribution in [2.75, 3.05) is 13.1 Å². The highest BCUT2D eigenvalue weighted by Crippen LogP contribution is 2.25. The number of carboxylic acid groups (broad SMARTS) is 1. The van der Waals surface area contributed by atoms with Crippen LogP contribution < -0.4 is 10.1 Å². The third-order valence-corrected chi connectivity index (χ3v) is 5.79. The highest BCUT2D eigenvalue weighted by Gasteiger charge is 2.26. The number of likely N-dealkylation sites (tertiary alicyclic amines) is 1. The number of carboxylic acids is 1. The van der Waals surface area contributed by atoms with Crippen LogP contribution in [0.2, 0.25) is 0 Å². The molecule has 1 aromatic heterocycles. The summed E-state index contributed by atoms with van der Waals surface area (Å²) in [7, 11) is 0. The first-order chi connectivity index (χ1) is 16.8. The average Bonchev–Trinajstić information content (AvgIpc) is 3.50. The summed E-state index contributed by atoms with van der Waals surface area (Å²) >= 11 is 0. The van der Waals surface area contributed by atoms with Gasteiger partial charge in [0.25, 0.3) is 5.91 Å². The average molecular weight is 480 g/mol. The van der Waals surface area contributed by atoms with E-state index in [2.05, 4.69) is 10.4 Å². The molecule has 9 nitrogen and oxygen atoms in total. The van der Waals surface area contributed by atoms with Gasteiger partial charge < -0.3 is 20.1 Å². The number of carbonyl (C=O) groups excluding carboxylic acids is 2. The van der Waals surface area contributed by atoms with Gasteiger partial charge >= 0.3 is 12.1 Å². The number of benzene rings is 2. The number of hydrogen-bond acceptors (Lipinski definition) is 5. The molecule has 2 aromatic carbocycles. The van der Waals surface area contributed by atoms with Gasteiger partial charge in [0, 0.05) is 19.2 Å². The number of carbonyl (C=O) groups is 3. The number of aryl methyl sites for hydroxylation is 1. The zero-order valence-electron chi connectivity index (χ0n) is 19.1. The number of nitrogens with zero attached hydrogens (tertiary/aromatic N) is 3. The van der Waals surface area contributed by atoms with Crippen molar-refractivity contribution < 1.29 is 28.6 Å². The summed E-state index contributed by atoms with van der Waals surface area (Å²) < 4.78 is 21.1. The van der Waals surface area contributed by atoms with E-state index in [0.717, 1.165) is 23.1 Å². The Balaban J connectivity index is 1.66. The van der Waals surface area contributed by atoms with Crippen LogP contribution in [0.3, 0.4) is 0 Å². The Morgan fingerprint density at radius 1 is 1.11 bits per heavy atom. The monoisotopic (exact) mass is 480 g/mol. The van der Waals surface area contributed by atoms with Crippen LogP contribution >= 0.6 is 0 Å². The van der Waals surface area contributed by atoms with E-state index in [9.17, 15) is 23.9 Å². The number of aliphatic carboxylic acids is 1. The van der Waals surface area contributed by atoms with Crippen molar-refractivity contribution in [3.05, 3.63) is 77.2 Å². The number of halogens is 1. The first-order valence-corrected chi connectivity index (χ1v) is 11.2. The number of nitrogens with one attached hydrogen (secondary N) is 1. The molecule has 4 rings (SSSR count). The van der Waals surface area contributed by atoms with Gasteiger partial charge in [-0.3, -0.25) is 9.59 Å². The molecule has 0 aliphatic carbocycles. The smallest absolute Gasteiger partial charge is 0.416 e. The molecule has 2 heterocycles. The van der Waals surface area contributed by atoms with Crippen LogP contribution in [0.5, 0.6) is 5.88 Å². The van der Waals surface area contributed by atoms with Crippen molar-refractivity contribution in [3.63, 3.8) is 0 Å². The van der Waals surface area contributed by atoms with Crippen LogP contribution in [0, 0.1) is 12.7 Å². The van der Waals surface area contributed by atoms with Gasteiger partial charge in [-0.15, -0.1) is 0 Å². The third-order valence-electron chi connectivity index (χ3n) is 5.79. The van der Waals surface area contributed by atoms with E-state index in [0.29, 0.717) is 18.7 Å². The van der Waals surface area contributed by atoms with Crippen LogP contribution in [0.15, 0.2) is 54.6 Å². The van der Waals surface area contributed by atoms with Gasteiger partial charge in [0.2, 0.25) is 5.88 Å². The molecule has 0 radical (unpaired) electrons. The van der Waals surface area contributed by atoms with Gasteiger partial charge in [-0.1, -0.05) is 36.4 Å². The first-order valence-electron chi connectivity index (χ1n) is 11.2. The van der Waals surface area contributed by atoms with E-state index < -0.39 is 29.8 Å². The van der Waals surface area contributed by atoms with Crippen LogP contribution in [0.4, 0.5) is 9.18 Å². The van der Waals surface area contributed by atoms with E-state index in [4.69, 9.17) is 4.74 Å². The van der Waals surface area contributed by atoms with Gasteiger partial charge in [0.1, 0.15) is 11.5 Å². The van der Waals surface area contributed by atoms with E-state index in [1.165, 1.54) is 29.2 Å². The lowest BCUT2D eigenvalue weighted by atomic mass is 9.98. The number of amides is 2. The maximum Gasteiger partial charge on any atom is 0.416 e. The lowest BCUT2D eigenvalue weighted by Gasteiger charge is -2.18. The van der Waals surface area contributed by atoms with Crippen molar-refractivity contribution in [2.24, 2.45) is 0 Å². The summed E-state index contributed by atoms with van der Waals surface area (Å²) in [6.45, 7) is 2.92. The molecule has 1 saturated heterocycles. The predicted molar refractivity (Wildman–Crippen MR) is 124 cm³/mol. The van der Waals surface area contributed by atoms with Crippen molar-refractivity contribution in [3.8, 4) is 11.6 Å². The van der Waals surface area contributed by atoms with Crippen LogP contribution in [-0.4, -0.2) is 50.8 Å². The molecule has 1 aliphatic rings. The number of rotatable bonds is 7. The summed E-state index contributed by atoms with van der Waals surface area (Å²) in [5.41, 5.74) is 1.31. The lowest BCUT2D eigenvalue weighted by molar-refractivity contribution is -0.137. The standard InChI is InChI=1S/C25H25FN4O5/c1-16-8-2-3-9-17(16)19(15-23(31)32)27-24(33)20-14-22(35-25(34)29-12-6-7-13-29)30(28-20)21-11-5-4-10-18(21)26/h2-5,8-11,14,19H,6-7,12-13,15H2,1H3,(H,27,33)(H,31,32). The maximum absolute atomic E-state index is 14.5. The second-order valence-corrected chi connectivity index (χ2v) is 8.27. The second-order valence-electron chi connectivity index (χ2n) is 8.27. The number of para-hydroxylation sites is 1. The summed E-state index contributed by atoms with van der Waals surface area (Å²) in [5.74, 6) is -2.52. The maximum atomic E-state index is 14.5. The van der Waals surface area contributed by atoms with Crippen molar-refractivity contribution in [2.45, 2.75) is 32.2 Å². The molecule has 3 aromatic rings. The van der Waals surface area contributed by atoms with E-state index >= 15 is 0 Å². The van der Waals surface area contributed by atoms with Gasteiger partial charge in [0.15, 0.2) is 5.69 Å². The topological polar surface area (TPSA) is 114 Å². The highest BCUT2D eigenvalue weighted by atomic mass is 19.1.